The predicted octanol–water partition coefficient (Wildman–Crippen LogP) is 1.24. The number of aliphatic hydroxyl groups is 1. The highest BCUT2D eigenvalue weighted by molar-refractivity contribution is 5.04. The molecular formula is C15H30N2O2. The molecule has 2 rings (SSSR count). The molecule has 19 heavy (non-hydrogen) atoms. The van der Waals surface area contributed by atoms with Crippen LogP contribution in [0.4, 0.5) is 0 Å². The van der Waals surface area contributed by atoms with Crippen molar-refractivity contribution in [1.29, 1.82) is 0 Å². The lowest BCUT2D eigenvalue weighted by Crippen LogP contribution is -2.59. The Morgan fingerprint density at radius 2 is 2.05 bits per heavy atom. The van der Waals surface area contributed by atoms with Gasteiger partial charge in [-0.2, -0.15) is 0 Å². The van der Waals surface area contributed by atoms with E-state index in [-0.39, 0.29) is 12.1 Å². The van der Waals surface area contributed by atoms with Crippen molar-refractivity contribution in [1.82, 2.24) is 10.2 Å². The molecule has 0 aromatic carbocycles. The van der Waals surface area contributed by atoms with E-state index in [9.17, 15) is 5.11 Å². The highest BCUT2D eigenvalue weighted by Gasteiger charge is 2.46. The fourth-order valence-corrected chi connectivity index (χ4v) is 2.98. The zero-order valence-corrected chi connectivity index (χ0v) is 12.5. The monoisotopic (exact) mass is 270 g/mol. The number of rotatable bonds is 11. The van der Waals surface area contributed by atoms with E-state index in [0.717, 1.165) is 38.7 Å². The van der Waals surface area contributed by atoms with Crippen molar-refractivity contribution >= 4 is 0 Å². The van der Waals surface area contributed by atoms with Gasteiger partial charge in [-0.1, -0.05) is 6.92 Å². The average Bonchev–Trinajstić information content (AvgIpc) is 3.30. The molecule has 0 spiro atoms. The third-order valence-corrected chi connectivity index (χ3v) is 4.50. The molecule has 2 aliphatic carbocycles. The molecule has 0 aliphatic heterocycles. The average molecular weight is 270 g/mol. The highest BCUT2D eigenvalue weighted by Crippen LogP contribution is 2.41. The lowest BCUT2D eigenvalue weighted by atomic mass is 9.92. The van der Waals surface area contributed by atoms with Crippen LogP contribution in [0.2, 0.25) is 0 Å². The smallest absolute Gasteiger partial charge is 0.0628 e. The van der Waals surface area contributed by atoms with Crippen molar-refractivity contribution in [2.75, 3.05) is 40.0 Å². The van der Waals surface area contributed by atoms with Crippen LogP contribution in [-0.4, -0.2) is 61.5 Å². The van der Waals surface area contributed by atoms with Crippen molar-refractivity contribution in [2.24, 2.45) is 5.92 Å². The van der Waals surface area contributed by atoms with Gasteiger partial charge in [0.05, 0.1) is 18.8 Å². The highest BCUT2D eigenvalue weighted by atomic mass is 16.5. The summed E-state index contributed by atoms with van der Waals surface area (Å²) in [4.78, 5) is 2.53. The summed E-state index contributed by atoms with van der Waals surface area (Å²) in [5, 5.41) is 13.6. The van der Waals surface area contributed by atoms with Crippen molar-refractivity contribution < 1.29 is 9.84 Å². The second-order valence-corrected chi connectivity index (χ2v) is 6.21. The van der Waals surface area contributed by atoms with Crippen LogP contribution < -0.4 is 5.32 Å². The summed E-state index contributed by atoms with van der Waals surface area (Å²) in [6.07, 6.45) is 6.27. The van der Waals surface area contributed by atoms with Gasteiger partial charge in [-0.3, -0.25) is 4.90 Å². The first kappa shape index (κ1) is 15.2. The Hall–Kier alpha value is -0.160. The largest absolute Gasteiger partial charge is 0.394 e. The van der Waals surface area contributed by atoms with Crippen molar-refractivity contribution in [2.45, 2.75) is 50.6 Å². The number of ether oxygens (including phenoxy) is 1. The summed E-state index contributed by atoms with van der Waals surface area (Å²) >= 11 is 0. The van der Waals surface area contributed by atoms with Gasteiger partial charge < -0.3 is 15.2 Å². The van der Waals surface area contributed by atoms with E-state index in [4.69, 9.17) is 4.74 Å². The van der Waals surface area contributed by atoms with E-state index in [0.29, 0.717) is 5.92 Å². The van der Waals surface area contributed by atoms with Crippen molar-refractivity contribution in [3.05, 3.63) is 0 Å². The molecule has 0 aromatic heterocycles. The molecule has 0 heterocycles. The van der Waals surface area contributed by atoms with E-state index in [1.807, 2.05) is 0 Å². The molecule has 0 bridgehead atoms. The molecule has 0 amide bonds. The van der Waals surface area contributed by atoms with Crippen LogP contribution in [0.5, 0.6) is 0 Å². The Labute approximate surface area is 117 Å². The Balaban J connectivity index is 1.95. The molecule has 1 atom stereocenters. The quantitative estimate of drug-likeness (QED) is 0.593. The molecule has 4 heteroatoms. The standard InChI is InChI=1S/C15H30N2O2/c1-3-8-16-15(12-18,13-4-5-13)11-17(9-10-19-2)14-6-7-14/h13-14,16,18H,3-12H2,1-2H3. The van der Waals surface area contributed by atoms with Crippen LogP contribution in [0.1, 0.15) is 39.0 Å². The molecule has 2 saturated carbocycles. The van der Waals surface area contributed by atoms with Gasteiger partial charge >= 0.3 is 0 Å². The summed E-state index contributed by atoms with van der Waals surface area (Å²) in [6.45, 7) is 6.20. The number of hydrogen-bond acceptors (Lipinski definition) is 4. The van der Waals surface area contributed by atoms with Crippen LogP contribution in [-0.2, 0) is 4.74 Å². The third-order valence-electron chi connectivity index (χ3n) is 4.50. The number of hydrogen-bond donors (Lipinski definition) is 2. The van der Waals surface area contributed by atoms with Gasteiger partial charge in [-0.05, 0) is 44.6 Å². The van der Waals surface area contributed by atoms with E-state index in [1.165, 1.54) is 25.7 Å². The maximum absolute atomic E-state index is 9.97. The van der Waals surface area contributed by atoms with Gasteiger partial charge in [-0.25, -0.2) is 0 Å². The van der Waals surface area contributed by atoms with Crippen LogP contribution in [0, 0.1) is 5.92 Å². The SMILES string of the molecule is CCCNC(CO)(CN(CCOC)C1CC1)C1CC1. The van der Waals surface area contributed by atoms with Crippen molar-refractivity contribution in [3.8, 4) is 0 Å². The van der Waals surface area contributed by atoms with E-state index >= 15 is 0 Å². The zero-order valence-electron chi connectivity index (χ0n) is 12.5. The summed E-state index contributed by atoms with van der Waals surface area (Å²) in [5.41, 5.74) is -0.0770. The number of methoxy groups -OCH3 is 1. The molecule has 0 saturated heterocycles. The zero-order chi connectivity index (χ0) is 13.7. The van der Waals surface area contributed by atoms with E-state index in [1.54, 1.807) is 7.11 Å². The molecule has 4 nitrogen and oxygen atoms in total. The maximum Gasteiger partial charge on any atom is 0.0628 e. The van der Waals surface area contributed by atoms with Gasteiger partial charge in [0.15, 0.2) is 0 Å². The lowest BCUT2D eigenvalue weighted by Gasteiger charge is -2.38. The van der Waals surface area contributed by atoms with Crippen LogP contribution >= 0.6 is 0 Å². The molecule has 1 unspecified atom stereocenters. The summed E-state index contributed by atoms with van der Waals surface area (Å²) in [5.74, 6) is 0.660. The van der Waals surface area contributed by atoms with Crippen LogP contribution in [0.3, 0.4) is 0 Å². The molecule has 2 aliphatic rings. The maximum atomic E-state index is 9.97. The second kappa shape index (κ2) is 7.02. The molecule has 0 radical (unpaired) electrons. The minimum Gasteiger partial charge on any atom is -0.394 e. The van der Waals surface area contributed by atoms with Crippen LogP contribution in [0.15, 0.2) is 0 Å². The number of nitrogens with one attached hydrogen (secondary N) is 1. The molecule has 2 fully saturated rings. The Morgan fingerprint density at radius 3 is 2.53 bits per heavy atom. The number of nitrogens with zero attached hydrogens (tertiary/aromatic N) is 1. The Kier molecular flexibility index (Phi) is 5.63. The first-order valence-corrected chi connectivity index (χ1v) is 7.84. The first-order valence-electron chi connectivity index (χ1n) is 7.84. The first-order chi connectivity index (χ1) is 9.25. The summed E-state index contributed by atoms with van der Waals surface area (Å²) < 4.78 is 5.23. The van der Waals surface area contributed by atoms with E-state index in [2.05, 4.69) is 17.1 Å². The van der Waals surface area contributed by atoms with Gasteiger partial charge in [0.2, 0.25) is 0 Å². The van der Waals surface area contributed by atoms with E-state index < -0.39 is 0 Å². The van der Waals surface area contributed by atoms with Crippen molar-refractivity contribution in [3.63, 3.8) is 0 Å². The number of aliphatic hydroxyl groups excluding tert-OH is 1. The minimum atomic E-state index is -0.0770. The topological polar surface area (TPSA) is 44.7 Å². The second-order valence-electron chi connectivity index (χ2n) is 6.21. The van der Waals surface area contributed by atoms with Gasteiger partial charge in [0, 0.05) is 26.2 Å². The molecule has 112 valence electrons. The van der Waals surface area contributed by atoms with Gasteiger partial charge in [0.25, 0.3) is 0 Å². The fraction of sp³-hybridized carbons (Fsp3) is 1.00. The summed E-state index contributed by atoms with van der Waals surface area (Å²) in [7, 11) is 1.76. The Bertz CT molecular complexity index is 267. The normalized spacial score (nSPS) is 22.7. The van der Waals surface area contributed by atoms with Crippen LogP contribution in [0.25, 0.3) is 0 Å². The predicted molar refractivity (Wildman–Crippen MR) is 77.3 cm³/mol. The minimum absolute atomic E-state index is 0.0770. The van der Waals surface area contributed by atoms with Gasteiger partial charge in [0.1, 0.15) is 0 Å². The van der Waals surface area contributed by atoms with Gasteiger partial charge in [-0.15, -0.1) is 0 Å². The summed E-state index contributed by atoms with van der Waals surface area (Å²) in [6, 6.07) is 0.725. The Morgan fingerprint density at radius 1 is 1.32 bits per heavy atom. The fourth-order valence-electron chi connectivity index (χ4n) is 2.98. The third kappa shape index (κ3) is 4.15. The molecule has 2 N–H and O–H groups in total. The molecular weight excluding hydrogens is 240 g/mol. The molecule has 0 aromatic rings. The lowest BCUT2D eigenvalue weighted by molar-refractivity contribution is 0.0701.